The Labute approximate surface area is 215 Å². The van der Waals surface area contributed by atoms with Gasteiger partial charge in [-0.15, -0.1) is 0 Å². The zero-order valence-corrected chi connectivity index (χ0v) is 21.2. The van der Waals surface area contributed by atoms with Gasteiger partial charge in [0.25, 0.3) is 0 Å². The molecule has 2 aromatic carbocycles. The summed E-state index contributed by atoms with van der Waals surface area (Å²) >= 11 is 0. The van der Waals surface area contributed by atoms with Gasteiger partial charge in [0, 0.05) is 44.4 Å². The summed E-state index contributed by atoms with van der Waals surface area (Å²) in [4.78, 5) is 22.1. The van der Waals surface area contributed by atoms with Crippen LogP contribution in [0.15, 0.2) is 79.1 Å². The van der Waals surface area contributed by atoms with Crippen LogP contribution in [0.25, 0.3) is 5.65 Å². The Balaban J connectivity index is 1.73. The summed E-state index contributed by atoms with van der Waals surface area (Å²) in [5.74, 6) is -0.736. The number of rotatable bonds is 9. The van der Waals surface area contributed by atoms with E-state index in [9.17, 15) is 18.0 Å². The largest absolute Gasteiger partial charge is 0.416 e. The molecule has 1 amide bonds. The van der Waals surface area contributed by atoms with Crippen molar-refractivity contribution in [2.24, 2.45) is 0 Å². The molecule has 194 valence electrons. The van der Waals surface area contributed by atoms with E-state index in [1.807, 2.05) is 79.0 Å². The predicted octanol–water partition coefficient (Wildman–Crippen LogP) is 5.77. The molecule has 37 heavy (non-hydrogen) atoms. The molecule has 0 saturated heterocycles. The molecular weight excluding hydrogens is 477 g/mol. The normalized spacial score (nSPS) is 12.7. The van der Waals surface area contributed by atoms with Crippen LogP contribution in [0, 0.1) is 6.92 Å². The Morgan fingerprint density at radius 2 is 1.76 bits per heavy atom. The molecule has 0 N–H and O–H groups in total. The van der Waals surface area contributed by atoms with Crippen LogP contribution in [0.3, 0.4) is 0 Å². The molecule has 0 aliphatic heterocycles. The quantitative estimate of drug-likeness (QED) is 0.288. The van der Waals surface area contributed by atoms with E-state index in [4.69, 9.17) is 0 Å². The maximum Gasteiger partial charge on any atom is 0.416 e. The number of carbonyl (C=O) groups excluding carboxylic acids is 1. The van der Waals surface area contributed by atoms with E-state index in [0.717, 1.165) is 28.9 Å². The summed E-state index contributed by atoms with van der Waals surface area (Å²) in [5.41, 5.74) is 3.03. The molecule has 4 aromatic rings. The van der Waals surface area contributed by atoms with E-state index >= 15 is 0 Å². The van der Waals surface area contributed by atoms with Gasteiger partial charge in [0.15, 0.2) is 0 Å². The van der Waals surface area contributed by atoms with Gasteiger partial charge in [-0.05, 0) is 49.8 Å². The number of fused-ring (bicyclic) bond motifs is 1. The molecule has 2 heterocycles. The van der Waals surface area contributed by atoms with Gasteiger partial charge in [0.05, 0.1) is 11.3 Å². The minimum atomic E-state index is -4.48. The van der Waals surface area contributed by atoms with Gasteiger partial charge in [-0.3, -0.25) is 4.79 Å². The molecule has 0 spiro atoms. The second-order valence-electron chi connectivity index (χ2n) is 9.55. The third-order valence-corrected chi connectivity index (χ3v) is 6.50. The fourth-order valence-corrected chi connectivity index (χ4v) is 4.47. The third kappa shape index (κ3) is 6.38. The number of halogens is 3. The summed E-state index contributed by atoms with van der Waals surface area (Å²) in [7, 11) is 3.88. The zero-order chi connectivity index (χ0) is 26.6. The standard InChI is InChI=1S/C29H31F3N4O/c1-21-9-8-14-36-26(19-33-28(21)36)25(23-12-7-13-24(17-23)29(30,31)32)18-27(37)35(16-15-34(2)3)20-22-10-5-4-6-11-22/h4-14,17,19,25H,15-16,18,20H2,1-3H3. The number of hydrogen-bond acceptors (Lipinski definition) is 3. The Morgan fingerprint density at radius 3 is 2.46 bits per heavy atom. The molecule has 4 rings (SSSR count). The lowest BCUT2D eigenvalue weighted by Gasteiger charge is -2.27. The SMILES string of the molecule is Cc1cccn2c(C(CC(=O)N(CCN(C)C)Cc3ccccc3)c3cccc(C(F)(F)F)c3)cnc12. The number of aryl methyl sites for hydroxylation is 1. The van der Waals surface area contributed by atoms with Crippen LogP contribution in [-0.2, 0) is 17.5 Å². The lowest BCUT2D eigenvalue weighted by atomic mass is 9.90. The number of likely N-dealkylation sites (N-methyl/N-ethyl adjacent to an activating group) is 1. The van der Waals surface area contributed by atoms with Crippen LogP contribution in [0.5, 0.6) is 0 Å². The summed E-state index contributed by atoms with van der Waals surface area (Å²) in [6.07, 6.45) is -0.958. The van der Waals surface area contributed by atoms with Crippen molar-refractivity contribution in [2.45, 2.75) is 32.0 Å². The van der Waals surface area contributed by atoms with Gasteiger partial charge in [-0.1, -0.05) is 54.6 Å². The number of hydrogen-bond donors (Lipinski definition) is 0. The molecule has 5 nitrogen and oxygen atoms in total. The van der Waals surface area contributed by atoms with Crippen molar-refractivity contribution >= 4 is 11.6 Å². The summed E-state index contributed by atoms with van der Waals surface area (Å²) in [6, 6.07) is 18.8. The molecular formula is C29H31F3N4O. The second kappa shape index (κ2) is 11.2. The minimum absolute atomic E-state index is 0.0172. The van der Waals surface area contributed by atoms with Crippen molar-refractivity contribution in [2.75, 3.05) is 27.2 Å². The van der Waals surface area contributed by atoms with Crippen molar-refractivity contribution < 1.29 is 18.0 Å². The number of nitrogens with zero attached hydrogens (tertiary/aromatic N) is 4. The van der Waals surface area contributed by atoms with Crippen molar-refractivity contribution in [1.29, 1.82) is 0 Å². The van der Waals surface area contributed by atoms with Gasteiger partial charge in [0.2, 0.25) is 5.91 Å². The monoisotopic (exact) mass is 508 g/mol. The first-order chi connectivity index (χ1) is 17.6. The maximum atomic E-state index is 13.8. The zero-order valence-electron chi connectivity index (χ0n) is 21.2. The highest BCUT2D eigenvalue weighted by Crippen LogP contribution is 2.35. The van der Waals surface area contributed by atoms with Crippen LogP contribution in [0.1, 0.15) is 40.3 Å². The van der Waals surface area contributed by atoms with E-state index in [-0.39, 0.29) is 12.3 Å². The number of carbonyl (C=O) groups is 1. The Morgan fingerprint density at radius 1 is 1.00 bits per heavy atom. The molecule has 0 aliphatic carbocycles. The fourth-order valence-electron chi connectivity index (χ4n) is 4.47. The molecule has 2 aromatic heterocycles. The third-order valence-electron chi connectivity index (χ3n) is 6.50. The van der Waals surface area contributed by atoms with Gasteiger partial charge < -0.3 is 14.2 Å². The molecule has 1 atom stereocenters. The number of benzene rings is 2. The molecule has 0 fully saturated rings. The Hall–Kier alpha value is -3.65. The molecule has 8 heteroatoms. The van der Waals surface area contributed by atoms with Crippen molar-refractivity contribution in [3.63, 3.8) is 0 Å². The number of alkyl halides is 3. The number of amides is 1. The van der Waals surface area contributed by atoms with Gasteiger partial charge in [-0.25, -0.2) is 4.98 Å². The number of aromatic nitrogens is 2. The van der Waals surface area contributed by atoms with Crippen molar-refractivity contribution in [3.05, 3.63) is 107 Å². The summed E-state index contributed by atoms with van der Waals surface area (Å²) in [6.45, 7) is 3.53. The highest BCUT2D eigenvalue weighted by Gasteiger charge is 2.32. The first-order valence-corrected chi connectivity index (χ1v) is 12.2. The predicted molar refractivity (Wildman–Crippen MR) is 138 cm³/mol. The Kier molecular flexibility index (Phi) is 7.97. The van der Waals surface area contributed by atoms with Crippen molar-refractivity contribution in [1.82, 2.24) is 19.2 Å². The summed E-state index contributed by atoms with van der Waals surface area (Å²) in [5, 5.41) is 0. The van der Waals surface area contributed by atoms with E-state index in [0.29, 0.717) is 30.9 Å². The van der Waals surface area contributed by atoms with Crippen LogP contribution >= 0.6 is 0 Å². The average Bonchev–Trinajstić information content (AvgIpc) is 3.30. The smallest absolute Gasteiger partial charge is 0.337 e. The van der Waals surface area contributed by atoms with Crippen molar-refractivity contribution in [3.8, 4) is 0 Å². The molecule has 0 saturated carbocycles. The van der Waals surface area contributed by atoms with E-state index in [2.05, 4.69) is 4.98 Å². The van der Waals surface area contributed by atoms with Gasteiger partial charge in [-0.2, -0.15) is 13.2 Å². The van der Waals surface area contributed by atoms with Crippen LogP contribution in [0.4, 0.5) is 13.2 Å². The van der Waals surface area contributed by atoms with Crippen LogP contribution in [0.2, 0.25) is 0 Å². The maximum absolute atomic E-state index is 13.8. The molecule has 1 unspecified atom stereocenters. The van der Waals surface area contributed by atoms with Gasteiger partial charge >= 0.3 is 6.18 Å². The fraction of sp³-hybridized carbons (Fsp3) is 0.310. The second-order valence-corrected chi connectivity index (χ2v) is 9.55. The summed E-state index contributed by atoms with van der Waals surface area (Å²) < 4.78 is 42.6. The molecule has 0 bridgehead atoms. The molecule has 0 radical (unpaired) electrons. The minimum Gasteiger partial charge on any atom is -0.337 e. The van der Waals surface area contributed by atoms with E-state index in [1.54, 1.807) is 17.2 Å². The number of imidazole rings is 1. The average molecular weight is 509 g/mol. The van der Waals surface area contributed by atoms with E-state index < -0.39 is 17.7 Å². The lowest BCUT2D eigenvalue weighted by Crippen LogP contribution is -2.37. The van der Waals surface area contributed by atoms with Crippen LogP contribution in [-0.4, -0.2) is 52.3 Å². The molecule has 0 aliphatic rings. The van der Waals surface area contributed by atoms with E-state index in [1.165, 1.54) is 6.07 Å². The topological polar surface area (TPSA) is 40.9 Å². The highest BCUT2D eigenvalue weighted by molar-refractivity contribution is 5.78. The number of pyridine rings is 1. The highest BCUT2D eigenvalue weighted by atomic mass is 19.4. The first kappa shape index (κ1) is 26.4. The van der Waals surface area contributed by atoms with Crippen LogP contribution < -0.4 is 0 Å². The lowest BCUT2D eigenvalue weighted by molar-refractivity contribution is -0.137. The van der Waals surface area contributed by atoms with Gasteiger partial charge in [0.1, 0.15) is 5.65 Å². The first-order valence-electron chi connectivity index (χ1n) is 12.2. The Bertz CT molecular complexity index is 1350.